The fourth-order valence-electron chi connectivity index (χ4n) is 13.1. The fraction of sp³-hybridized carbons (Fsp3) is 0.707. The number of allylic oxidation sites excluding steroid dienone is 3. The second kappa shape index (κ2) is 11.8. The highest BCUT2D eigenvalue weighted by atomic mass is 19.1. The van der Waals surface area contributed by atoms with E-state index in [1.807, 2.05) is 14.1 Å². The van der Waals surface area contributed by atoms with Gasteiger partial charge in [-0.15, -0.1) is 0 Å². The summed E-state index contributed by atoms with van der Waals surface area (Å²) in [6.07, 6.45) is 11.4. The number of likely N-dealkylation sites (N-methyl/N-ethyl adjacent to an activating group) is 1. The van der Waals surface area contributed by atoms with Gasteiger partial charge in [0.2, 0.25) is 5.91 Å². The predicted molar refractivity (Wildman–Crippen MR) is 187 cm³/mol. The summed E-state index contributed by atoms with van der Waals surface area (Å²) >= 11 is 0. The van der Waals surface area contributed by atoms with Gasteiger partial charge in [-0.2, -0.15) is 0 Å². The van der Waals surface area contributed by atoms with Gasteiger partial charge < -0.3 is 15.3 Å². The van der Waals surface area contributed by atoms with Crippen LogP contribution in [-0.4, -0.2) is 49.1 Å². The summed E-state index contributed by atoms with van der Waals surface area (Å²) in [6, 6.07) is 2.43. The van der Waals surface area contributed by atoms with E-state index in [2.05, 4.69) is 64.4 Å². The van der Waals surface area contributed by atoms with E-state index >= 15 is 0 Å². The van der Waals surface area contributed by atoms with Crippen molar-refractivity contribution in [2.75, 3.05) is 27.2 Å². The third-order valence-electron chi connectivity index (χ3n) is 15.5. The van der Waals surface area contributed by atoms with Crippen LogP contribution in [0.1, 0.15) is 115 Å². The molecule has 0 aromatic heterocycles. The van der Waals surface area contributed by atoms with Crippen LogP contribution in [0.5, 0.6) is 0 Å². The van der Waals surface area contributed by atoms with Gasteiger partial charge in [0.05, 0.1) is 5.41 Å². The van der Waals surface area contributed by atoms with Crippen molar-refractivity contribution in [2.45, 2.75) is 99.3 Å². The zero-order valence-corrected chi connectivity index (χ0v) is 30.6. The van der Waals surface area contributed by atoms with Crippen LogP contribution in [0.25, 0.3) is 5.57 Å². The van der Waals surface area contributed by atoms with Crippen molar-refractivity contribution in [1.29, 1.82) is 0 Å². The number of rotatable bonds is 7. The molecule has 5 aliphatic rings. The molecule has 0 aliphatic heterocycles. The molecule has 1 amide bonds. The molecule has 0 heterocycles. The zero-order valence-electron chi connectivity index (χ0n) is 30.6. The van der Waals surface area contributed by atoms with E-state index in [0.29, 0.717) is 41.7 Å². The molecule has 0 saturated heterocycles. The van der Waals surface area contributed by atoms with E-state index in [-0.39, 0.29) is 33.0 Å². The van der Waals surface area contributed by atoms with E-state index in [1.165, 1.54) is 17.7 Å². The van der Waals surface area contributed by atoms with Gasteiger partial charge in [0.1, 0.15) is 17.2 Å². The van der Waals surface area contributed by atoms with Gasteiger partial charge in [-0.25, -0.2) is 13.6 Å². The smallest absolute Gasteiger partial charge is 0.341 e. The second-order valence-corrected chi connectivity index (χ2v) is 18.1. The minimum atomic E-state index is -1.59. The lowest BCUT2D eigenvalue weighted by Gasteiger charge is -2.72. The van der Waals surface area contributed by atoms with Crippen molar-refractivity contribution >= 4 is 17.4 Å². The Morgan fingerprint density at radius 1 is 0.938 bits per heavy atom. The summed E-state index contributed by atoms with van der Waals surface area (Å²) < 4.78 is 29.8. The lowest BCUT2D eigenvalue weighted by Crippen LogP contribution is -2.66. The van der Waals surface area contributed by atoms with Gasteiger partial charge in [0, 0.05) is 13.1 Å². The number of hydrogen-bond acceptors (Lipinski definition) is 3. The highest BCUT2D eigenvalue weighted by molar-refractivity contribution is 5.89. The first kappa shape index (κ1) is 35.3. The van der Waals surface area contributed by atoms with Gasteiger partial charge in [-0.3, -0.25) is 4.79 Å². The Hall–Kier alpha value is -2.54. The molecule has 5 nitrogen and oxygen atoms in total. The van der Waals surface area contributed by atoms with Gasteiger partial charge in [-0.1, -0.05) is 52.8 Å². The van der Waals surface area contributed by atoms with Crippen molar-refractivity contribution in [3.05, 3.63) is 53.1 Å². The molecule has 2 N–H and O–H groups in total. The molecule has 264 valence electrons. The number of benzene rings is 1. The number of carboxylic acids is 1. The van der Waals surface area contributed by atoms with Gasteiger partial charge >= 0.3 is 5.97 Å². The Balaban J connectivity index is 1.34. The summed E-state index contributed by atoms with van der Waals surface area (Å²) in [5.41, 5.74) is 1.22. The van der Waals surface area contributed by atoms with Crippen molar-refractivity contribution in [3.8, 4) is 0 Å². The summed E-state index contributed by atoms with van der Waals surface area (Å²) in [4.78, 5) is 27.8. The van der Waals surface area contributed by atoms with Crippen molar-refractivity contribution in [3.63, 3.8) is 0 Å². The van der Waals surface area contributed by atoms with Crippen LogP contribution in [0.3, 0.4) is 0 Å². The number of nitrogens with one attached hydrogen (secondary N) is 1. The van der Waals surface area contributed by atoms with Crippen LogP contribution < -0.4 is 5.32 Å². The number of fused-ring (bicyclic) bond motifs is 7. The average Bonchev–Trinajstić information content (AvgIpc) is 3.38. The van der Waals surface area contributed by atoms with E-state index in [4.69, 9.17) is 0 Å². The SMILES string of the molecule is C=C(C)C1CCC2(C(=O)NCCN(C)C)CCC3(C)C(CCC4C5(C)CC=C(c6cc(F)c(C(=O)O)c(F)c6)C(C)(C)C5CCC43C)C12. The maximum Gasteiger partial charge on any atom is 0.341 e. The molecule has 6 rings (SSSR count). The van der Waals surface area contributed by atoms with Crippen LogP contribution in [0, 0.1) is 68.3 Å². The van der Waals surface area contributed by atoms with Crippen LogP contribution >= 0.6 is 0 Å². The monoisotopic (exact) mass is 664 g/mol. The third kappa shape index (κ3) is 4.90. The molecule has 0 radical (unpaired) electrons. The first-order chi connectivity index (χ1) is 22.3. The van der Waals surface area contributed by atoms with E-state index in [1.54, 1.807) is 0 Å². The Bertz CT molecular complexity index is 1530. The van der Waals surface area contributed by atoms with Gasteiger partial charge in [0.25, 0.3) is 0 Å². The zero-order chi connectivity index (χ0) is 35.2. The Kier molecular flexibility index (Phi) is 8.66. The number of halogens is 2. The molecule has 4 fully saturated rings. The van der Waals surface area contributed by atoms with Crippen LogP contribution in [0.4, 0.5) is 8.78 Å². The normalized spacial score (nSPS) is 39.8. The summed E-state index contributed by atoms with van der Waals surface area (Å²) in [6.45, 7) is 20.2. The highest BCUT2D eigenvalue weighted by Gasteiger charge is 2.71. The number of carbonyl (C=O) groups excluding carboxylic acids is 1. The Morgan fingerprint density at radius 2 is 1.60 bits per heavy atom. The molecular weight excluding hydrogens is 606 g/mol. The van der Waals surface area contributed by atoms with Crippen molar-refractivity contribution in [2.24, 2.45) is 56.7 Å². The predicted octanol–water partition coefficient (Wildman–Crippen LogP) is 8.99. The Morgan fingerprint density at radius 3 is 2.21 bits per heavy atom. The first-order valence-corrected chi connectivity index (χ1v) is 18.4. The number of nitrogens with zero attached hydrogens (tertiary/aromatic N) is 1. The quantitative estimate of drug-likeness (QED) is 0.286. The maximum atomic E-state index is 14.9. The van der Waals surface area contributed by atoms with E-state index in [9.17, 15) is 23.5 Å². The summed E-state index contributed by atoms with van der Waals surface area (Å²) in [7, 11) is 4.09. The molecule has 5 aliphatic carbocycles. The largest absolute Gasteiger partial charge is 0.477 e. The van der Waals surface area contributed by atoms with Crippen LogP contribution in [-0.2, 0) is 4.79 Å². The van der Waals surface area contributed by atoms with Crippen LogP contribution in [0.2, 0.25) is 0 Å². The lowest BCUT2D eigenvalue weighted by molar-refractivity contribution is -0.225. The van der Waals surface area contributed by atoms with Crippen molar-refractivity contribution in [1.82, 2.24) is 10.2 Å². The number of carbonyl (C=O) groups is 2. The standard InChI is InChI=1S/C41H58F2N2O3/c1-24(2)26-12-17-41(36(48)44-20-21-45(8)9)19-18-39(6)28(34(26)41)10-11-32-38(5)15-13-27(37(3,4)31(38)14-16-40(32,39)7)25-22-29(42)33(35(46)47)30(43)23-25/h13,22-23,26,28,31-32,34H,1,10-12,14-21H2,2-9H3,(H,44,48)(H,46,47). The highest BCUT2D eigenvalue weighted by Crippen LogP contribution is 2.77. The molecule has 4 saturated carbocycles. The molecule has 9 unspecified atom stereocenters. The number of carboxylic acid groups (broad SMARTS) is 1. The topological polar surface area (TPSA) is 69.6 Å². The average molecular weight is 665 g/mol. The molecule has 9 atom stereocenters. The van der Waals surface area contributed by atoms with E-state index in [0.717, 1.165) is 69.9 Å². The molecule has 7 heteroatoms. The molecule has 0 bridgehead atoms. The number of aromatic carboxylic acids is 1. The summed E-state index contributed by atoms with van der Waals surface area (Å²) in [5, 5.41) is 12.7. The van der Waals surface area contributed by atoms with Gasteiger partial charge in [0.15, 0.2) is 0 Å². The summed E-state index contributed by atoms with van der Waals surface area (Å²) in [5.74, 6) is -1.44. The lowest BCUT2D eigenvalue weighted by atomic mass is 9.32. The minimum absolute atomic E-state index is 0.00753. The maximum absolute atomic E-state index is 14.9. The third-order valence-corrected chi connectivity index (χ3v) is 15.5. The fourth-order valence-corrected chi connectivity index (χ4v) is 13.1. The molecule has 1 aromatic carbocycles. The number of hydrogen-bond donors (Lipinski definition) is 2. The van der Waals surface area contributed by atoms with E-state index < -0.39 is 23.2 Å². The van der Waals surface area contributed by atoms with Crippen LogP contribution in [0.15, 0.2) is 30.4 Å². The molecular formula is C41H58F2N2O3. The molecule has 48 heavy (non-hydrogen) atoms. The Labute approximate surface area is 287 Å². The first-order valence-electron chi connectivity index (χ1n) is 18.4. The second-order valence-electron chi connectivity index (χ2n) is 18.1. The number of amides is 1. The van der Waals surface area contributed by atoms with Crippen molar-refractivity contribution < 1.29 is 23.5 Å². The molecule has 1 aromatic rings. The van der Waals surface area contributed by atoms with Gasteiger partial charge in [-0.05, 0) is 153 Å². The minimum Gasteiger partial charge on any atom is -0.477 e. The molecule has 0 spiro atoms.